The van der Waals surface area contributed by atoms with Crippen molar-refractivity contribution in [1.82, 2.24) is 5.32 Å². The van der Waals surface area contributed by atoms with Crippen molar-refractivity contribution in [2.45, 2.75) is 19.4 Å². The van der Waals surface area contributed by atoms with Gasteiger partial charge in [0.15, 0.2) is 0 Å². The lowest BCUT2D eigenvalue weighted by molar-refractivity contribution is -0.142. The number of hydrogen-bond donors (Lipinski definition) is 2. The Morgan fingerprint density at radius 2 is 2.28 bits per heavy atom. The van der Waals surface area contributed by atoms with Gasteiger partial charge >= 0.3 is 5.97 Å². The van der Waals surface area contributed by atoms with E-state index in [0.29, 0.717) is 13.1 Å². The Morgan fingerprint density at radius 1 is 1.56 bits per heavy atom. The molecule has 0 amide bonds. The molecule has 0 bridgehead atoms. The molecule has 0 aliphatic carbocycles. The van der Waals surface area contributed by atoms with E-state index in [1.165, 1.54) is 19.2 Å². The van der Waals surface area contributed by atoms with Gasteiger partial charge in [-0.2, -0.15) is 0 Å². The number of nitrogens with one attached hydrogen (secondary N) is 1. The smallest absolute Gasteiger partial charge is 0.323 e. The minimum Gasteiger partial charge on any atom is -0.468 e. The Bertz CT molecular complexity index is 410. The van der Waals surface area contributed by atoms with Crippen molar-refractivity contribution in [3.8, 4) is 0 Å². The summed E-state index contributed by atoms with van der Waals surface area (Å²) in [6, 6.07) is 4.08. The van der Waals surface area contributed by atoms with Crippen molar-refractivity contribution in [3.63, 3.8) is 0 Å². The number of halogens is 1. The Labute approximate surface area is 106 Å². The van der Waals surface area contributed by atoms with E-state index in [1.807, 2.05) is 6.92 Å². The highest BCUT2D eigenvalue weighted by Crippen LogP contribution is 2.10. The van der Waals surface area contributed by atoms with Gasteiger partial charge < -0.3 is 15.8 Å². The topological polar surface area (TPSA) is 64.3 Å². The van der Waals surface area contributed by atoms with Gasteiger partial charge in [0, 0.05) is 6.54 Å². The van der Waals surface area contributed by atoms with Crippen LogP contribution in [-0.2, 0) is 16.0 Å². The molecule has 0 heterocycles. The third-order valence-corrected chi connectivity index (χ3v) is 2.74. The Hall–Kier alpha value is -1.46. The van der Waals surface area contributed by atoms with E-state index in [0.717, 1.165) is 17.5 Å². The molecule has 0 aromatic heterocycles. The first kappa shape index (κ1) is 14.6. The van der Waals surface area contributed by atoms with E-state index >= 15 is 0 Å². The molecule has 0 fully saturated rings. The van der Waals surface area contributed by atoms with Crippen LogP contribution >= 0.6 is 0 Å². The summed E-state index contributed by atoms with van der Waals surface area (Å²) in [6.45, 7) is 2.92. The maximum absolute atomic E-state index is 12.9. The lowest BCUT2D eigenvalue weighted by Gasteiger charge is -2.11. The minimum absolute atomic E-state index is 0.225. The molecule has 1 rings (SSSR count). The highest BCUT2D eigenvalue weighted by Gasteiger charge is 2.12. The molecule has 18 heavy (non-hydrogen) atoms. The summed E-state index contributed by atoms with van der Waals surface area (Å²) < 4.78 is 17.4. The third-order valence-electron chi connectivity index (χ3n) is 2.74. The van der Waals surface area contributed by atoms with Crippen molar-refractivity contribution in [1.29, 1.82) is 0 Å². The molecular formula is C13H19FN2O2. The summed E-state index contributed by atoms with van der Waals surface area (Å²) >= 11 is 0. The van der Waals surface area contributed by atoms with E-state index in [2.05, 4.69) is 10.1 Å². The van der Waals surface area contributed by atoms with E-state index in [1.54, 1.807) is 6.07 Å². The van der Waals surface area contributed by atoms with Gasteiger partial charge in [-0.05, 0) is 43.1 Å². The lowest BCUT2D eigenvalue weighted by atomic mass is 10.1. The molecule has 0 aliphatic heterocycles. The number of nitrogens with two attached hydrogens (primary N) is 1. The first-order valence-corrected chi connectivity index (χ1v) is 5.83. The predicted octanol–water partition coefficient (Wildman–Crippen LogP) is 0.767. The number of ether oxygens (including phenoxy) is 1. The first-order valence-electron chi connectivity index (χ1n) is 5.83. The van der Waals surface area contributed by atoms with E-state index in [4.69, 9.17) is 5.73 Å². The number of hydrogen-bond acceptors (Lipinski definition) is 4. The predicted molar refractivity (Wildman–Crippen MR) is 67.7 cm³/mol. The summed E-state index contributed by atoms with van der Waals surface area (Å²) in [4.78, 5) is 11.0. The molecule has 1 aromatic carbocycles. The van der Waals surface area contributed by atoms with Gasteiger partial charge in [0.2, 0.25) is 0 Å². The van der Waals surface area contributed by atoms with Gasteiger partial charge in [-0.25, -0.2) is 4.39 Å². The normalized spacial score (nSPS) is 12.2. The standard InChI is InChI=1S/C13H19FN2O2/c1-9-7-11(14)4-3-10(9)5-6-16-8-12(15)13(17)18-2/h3-4,7,12,16H,5-6,8,15H2,1-2H3. The first-order chi connectivity index (χ1) is 8.54. The fourth-order valence-corrected chi connectivity index (χ4v) is 1.66. The SMILES string of the molecule is COC(=O)C(N)CNCCc1ccc(F)cc1C. The zero-order valence-electron chi connectivity index (χ0n) is 10.7. The van der Waals surface area contributed by atoms with Gasteiger partial charge in [-0.3, -0.25) is 4.79 Å². The number of esters is 1. The Balaban J connectivity index is 2.32. The molecular weight excluding hydrogens is 235 g/mol. The number of benzene rings is 1. The summed E-state index contributed by atoms with van der Waals surface area (Å²) in [5, 5.41) is 3.07. The van der Waals surface area contributed by atoms with Gasteiger partial charge in [0.1, 0.15) is 11.9 Å². The number of aryl methyl sites for hydroxylation is 1. The zero-order valence-corrected chi connectivity index (χ0v) is 10.7. The van der Waals surface area contributed by atoms with Crippen LogP contribution in [0.25, 0.3) is 0 Å². The summed E-state index contributed by atoms with van der Waals surface area (Å²) in [5.74, 6) is -0.655. The van der Waals surface area contributed by atoms with Crippen LogP contribution in [-0.4, -0.2) is 32.2 Å². The van der Waals surface area contributed by atoms with Crippen LogP contribution in [0.15, 0.2) is 18.2 Å². The Morgan fingerprint density at radius 3 is 2.89 bits per heavy atom. The average molecular weight is 254 g/mol. The minimum atomic E-state index is -0.649. The summed E-state index contributed by atoms with van der Waals surface area (Å²) in [6.07, 6.45) is 0.764. The van der Waals surface area contributed by atoms with Crippen molar-refractivity contribution in [3.05, 3.63) is 35.1 Å². The Kier molecular flexibility index (Phi) is 5.74. The van der Waals surface area contributed by atoms with Crippen LogP contribution in [0.4, 0.5) is 4.39 Å². The molecule has 0 radical (unpaired) electrons. The molecule has 0 aliphatic rings. The van der Waals surface area contributed by atoms with Crippen molar-refractivity contribution in [2.75, 3.05) is 20.2 Å². The van der Waals surface area contributed by atoms with Crippen molar-refractivity contribution in [2.24, 2.45) is 5.73 Å². The molecule has 0 saturated carbocycles. The molecule has 3 N–H and O–H groups in total. The molecule has 100 valence electrons. The van der Waals surface area contributed by atoms with Crippen LogP contribution in [0.1, 0.15) is 11.1 Å². The summed E-state index contributed by atoms with van der Waals surface area (Å²) in [5.41, 5.74) is 7.57. The number of carbonyl (C=O) groups is 1. The monoisotopic (exact) mass is 254 g/mol. The van der Waals surface area contributed by atoms with Gasteiger partial charge in [0.25, 0.3) is 0 Å². The second kappa shape index (κ2) is 7.08. The maximum atomic E-state index is 12.9. The number of rotatable bonds is 6. The van der Waals surface area contributed by atoms with Crippen LogP contribution < -0.4 is 11.1 Å². The van der Waals surface area contributed by atoms with E-state index < -0.39 is 12.0 Å². The molecule has 1 aromatic rings. The molecule has 1 atom stereocenters. The average Bonchev–Trinajstić information content (AvgIpc) is 2.35. The molecule has 4 nitrogen and oxygen atoms in total. The van der Waals surface area contributed by atoms with Crippen LogP contribution in [0.3, 0.4) is 0 Å². The number of carbonyl (C=O) groups excluding carboxylic acids is 1. The molecule has 1 unspecified atom stereocenters. The lowest BCUT2D eigenvalue weighted by Crippen LogP contribution is -2.41. The molecule has 0 spiro atoms. The second-order valence-corrected chi connectivity index (χ2v) is 4.15. The fourth-order valence-electron chi connectivity index (χ4n) is 1.66. The zero-order chi connectivity index (χ0) is 13.5. The quantitative estimate of drug-likeness (QED) is 0.581. The number of methoxy groups -OCH3 is 1. The highest BCUT2D eigenvalue weighted by molar-refractivity contribution is 5.75. The molecule has 5 heteroatoms. The maximum Gasteiger partial charge on any atom is 0.323 e. The van der Waals surface area contributed by atoms with E-state index in [-0.39, 0.29) is 5.82 Å². The van der Waals surface area contributed by atoms with Crippen molar-refractivity contribution < 1.29 is 13.9 Å². The highest BCUT2D eigenvalue weighted by atomic mass is 19.1. The van der Waals surface area contributed by atoms with E-state index in [9.17, 15) is 9.18 Å². The second-order valence-electron chi connectivity index (χ2n) is 4.15. The molecule has 0 saturated heterocycles. The largest absolute Gasteiger partial charge is 0.468 e. The van der Waals surface area contributed by atoms with Gasteiger partial charge in [-0.15, -0.1) is 0 Å². The van der Waals surface area contributed by atoms with Crippen LogP contribution in [0.5, 0.6) is 0 Å². The van der Waals surface area contributed by atoms with Gasteiger partial charge in [-0.1, -0.05) is 6.07 Å². The fraction of sp³-hybridized carbons (Fsp3) is 0.462. The third kappa shape index (κ3) is 4.43. The van der Waals surface area contributed by atoms with Crippen molar-refractivity contribution >= 4 is 5.97 Å². The van der Waals surface area contributed by atoms with Gasteiger partial charge in [0.05, 0.1) is 7.11 Å². The van der Waals surface area contributed by atoms with Crippen LogP contribution in [0, 0.1) is 12.7 Å². The summed E-state index contributed by atoms with van der Waals surface area (Å²) in [7, 11) is 1.31. The van der Waals surface area contributed by atoms with Crippen LogP contribution in [0.2, 0.25) is 0 Å².